The third-order valence-electron chi connectivity index (χ3n) is 5.63. The monoisotopic (exact) mass is 517 g/mol. The first-order valence-electron chi connectivity index (χ1n) is 10.6. The summed E-state index contributed by atoms with van der Waals surface area (Å²) in [5.74, 6) is -2.04. The number of aromatic nitrogens is 5. The van der Waals surface area contributed by atoms with Crippen molar-refractivity contribution in [3.05, 3.63) is 76.7 Å². The van der Waals surface area contributed by atoms with Gasteiger partial charge in [-0.15, -0.1) is 4.80 Å². The van der Waals surface area contributed by atoms with Crippen LogP contribution in [0, 0.1) is 5.82 Å². The van der Waals surface area contributed by atoms with Gasteiger partial charge in [0.25, 0.3) is 5.91 Å². The van der Waals surface area contributed by atoms with Crippen LogP contribution in [0.2, 0.25) is 5.02 Å². The first kappa shape index (κ1) is 23.7. The number of hydrogen-bond donors (Lipinski definition) is 2. The molecule has 1 aromatic carbocycles. The van der Waals surface area contributed by atoms with Gasteiger partial charge in [0.1, 0.15) is 11.4 Å². The van der Waals surface area contributed by atoms with Crippen LogP contribution in [0.1, 0.15) is 40.2 Å². The van der Waals surface area contributed by atoms with E-state index >= 15 is 4.39 Å². The van der Waals surface area contributed by atoms with E-state index in [-0.39, 0.29) is 33.4 Å². The topological polar surface area (TPSA) is 112 Å². The Balaban J connectivity index is 1.47. The molecular formula is C23H16ClF4N7O. The van der Waals surface area contributed by atoms with E-state index in [4.69, 9.17) is 17.3 Å². The predicted octanol–water partition coefficient (Wildman–Crippen LogP) is 5.25. The Hall–Kier alpha value is -4.06. The summed E-state index contributed by atoms with van der Waals surface area (Å²) in [5, 5.41) is 9.50. The number of nitrogens with two attached hydrogens (primary N) is 1. The predicted molar refractivity (Wildman–Crippen MR) is 123 cm³/mol. The summed E-state index contributed by atoms with van der Waals surface area (Å²) in [5.41, 5.74) is 5.97. The fraction of sp³-hybridized carbons (Fsp3) is 0.174. The van der Waals surface area contributed by atoms with Gasteiger partial charge in [-0.1, -0.05) is 11.6 Å². The van der Waals surface area contributed by atoms with Crippen molar-refractivity contribution in [3.8, 4) is 16.9 Å². The van der Waals surface area contributed by atoms with Crippen molar-refractivity contribution in [1.29, 1.82) is 0 Å². The molecule has 1 saturated carbocycles. The number of nitrogen functional groups attached to an aromatic ring is 1. The summed E-state index contributed by atoms with van der Waals surface area (Å²) < 4.78 is 56.1. The van der Waals surface area contributed by atoms with Gasteiger partial charge in [-0.05, 0) is 42.5 Å². The minimum absolute atomic E-state index is 0.107. The van der Waals surface area contributed by atoms with Gasteiger partial charge < -0.3 is 11.1 Å². The van der Waals surface area contributed by atoms with Crippen LogP contribution in [0.4, 0.5) is 28.9 Å². The number of benzene rings is 1. The van der Waals surface area contributed by atoms with Crippen LogP contribution in [-0.2, 0) is 6.18 Å². The van der Waals surface area contributed by atoms with E-state index in [1.165, 1.54) is 24.7 Å². The van der Waals surface area contributed by atoms with Crippen LogP contribution in [0.25, 0.3) is 16.9 Å². The number of rotatable bonds is 5. The number of alkyl halides is 3. The number of nitrogens with one attached hydrogen (secondary N) is 1. The number of carbonyl (C=O) groups excluding carboxylic acids is 1. The van der Waals surface area contributed by atoms with Crippen LogP contribution < -0.4 is 11.1 Å². The lowest BCUT2D eigenvalue weighted by Gasteiger charge is -2.15. The molecule has 5 rings (SSSR count). The normalized spacial score (nSPS) is 13.6. The van der Waals surface area contributed by atoms with E-state index in [0.717, 1.165) is 30.7 Å². The third-order valence-corrected chi connectivity index (χ3v) is 5.94. The van der Waals surface area contributed by atoms with Crippen LogP contribution in [0.5, 0.6) is 0 Å². The number of anilines is 2. The summed E-state index contributed by atoms with van der Waals surface area (Å²) in [6, 6.07) is 2.88. The first-order valence-corrected chi connectivity index (χ1v) is 11.0. The lowest BCUT2D eigenvalue weighted by molar-refractivity contribution is -0.137. The first-order chi connectivity index (χ1) is 17.1. The van der Waals surface area contributed by atoms with E-state index in [1.807, 2.05) is 0 Å². The van der Waals surface area contributed by atoms with Gasteiger partial charge in [0, 0.05) is 17.3 Å². The van der Waals surface area contributed by atoms with Gasteiger partial charge in [0.2, 0.25) is 0 Å². The van der Waals surface area contributed by atoms with E-state index in [0.29, 0.717) is 16.4 Å². The average molecular weight is 518 g/mol. The zero-order chi connectivity index (χ0) is 25.6. The Labute approximate surface area is 206 Å². The molecule has 0 aliphatic heterocycles. The van der Waals surface area contributed by atoms with Crippen molar-refractivity contribution in [1.82, 2.24) is 25.0 Å². The molecule has 3 N–H and O–H groups in total. The maximum atomic E-state index is 15.2. The lowest BCUT2D eigenvalue weighted by Crippen LogP contribution is -2.17. The number of hydrogen-bond acceptors (Lipinski definition) is 6. The quantitative estimate of drug-likeness (QED) is 0.350. The Bertz CT molecular complexity index is 1470. The highest BCUT2D eigenvalue weighted by Gasteiger charge is 2.36. The molecule has 1 amide bonds. The third kappa shape index (κ3) is 4.47. The Morgan fingerprint density at radius 1 is 1.11 bits per heavy atom. The molecule has 1 aliphatic rings. The van der Waals surface area contributed by atoms with Crippen molar-refractivity contribution >= 4 is 28.9 Å². The molecule has 8 nitrogen and oxygen atoms in total. The highest BCUT2D eigenvalue weighted by atomic mass is 35.5. The van der Waals surface area contributed by atoms with Crippen LogP contribution >= 0.6 is 11.6 Å². The van der Waals surface area contributed by atoms with Crippen molar-refractivity contribution < 1.29 is 22.4 Å². The minimum Gasteiger partial charge on any atom is -0.397 e. The smallest absolute Gasteiger partial charge is 0.397 e. The van der Waals surface area contributed by atoms with Gasteiger partial charge in [-0.2, -0.15) is 23.4 Å². The van der Waals surface area contributed by atoms with Gasteiger partial charge in [0.05, 0.1) is 46.7 Å². The standard InChI is InChI=1S/C23H16ClF4N7O/c24-17-6-14(20-15(11-1-2-11)9-30-10-19(20)29)18(25)7-13(17)22(36)34-12-5-16(23(26,27)28)21(31-8-12)35-32-3-4-33-35/h3-11H,1-2,29H2,(H,34,36). The summed E-state index contributed by atoms with van der Waals surface area (Å²) in [4.78, 5) is 21.4. The summed E-state index contributed by atoms with van der Waals surface area (Å²) in [7, 11) is 0. The van der Waals surface area contributed by atoms with E-state index < -0.39 is 29.3 Å². The molecule has 1 aliphatic carbocycles. The molecule has 36 heavy (non-hydrogen) atoms. The second kappa shape index (κ2) is 8.86. The summed E-state index contributed by atoms with van der Waals surface area (Å²) in [6.07, 6.45) is 3.48. The molecule has 3 heterocycles. The maximum Gasteiger partial charge on any atom is 0.420 e. The second-order valence-corrected chi connectivity index (χ2v) is 8.55. The number of carbonyl (C=O) groups is 1. The fourth-order valence-corrected chi connectivity index (χ4v) is 4.09. The molecule has 0 bridgehead atoms. The fourth-order valence-electron chi connectivity index (χ4n) is 3.84. The molecule has 0 spiro atoms. The van der Waals surface area contributed by atoms with Gasteiger partial charge in [0.15, 0.2) is 5.82 Å². The minimum atomic E-state index is -4.81. The lowest BCUT2D eigenvalue weighted by atomic mass is 9.95. The molecule has 184 valence electrons. The summed E-state index contributed by atoms with van der Waals surface area (Å²) >= 11 is 6.31. The number of nitrogens with zero attached hydrogens (tertiary/aromatic N) is 5. The average Bonchev–Trinajstić information content (AvgIpc) is 3.53. The van der Waals surface area contributed by atoms with Crippen LogP contribution in [0.15, 0.2) is 49.2 Å². The van der Waals surface area contributed by atoms with E-state index in [1.54, 1.807) is 6.20 Å². The number of pyridine rings is 2. The number of halogens is 5. The van der Waals surface area contributed by atoms with E-state index in [9.17, 15) is 18.0 Å². The van der Waals surface area contributed by atoms with Gasteiger partial charge in [-0.25, -0.2) is 9.37 Å². The van der Waals surface area contributed by atoms with Crippen molar-refractivity contribution in [2.75, 3.05) is 11.1 Å². The second-order valence-electron chi connectivity index (χ2n) is 8.14. The van der Waals surface area contributed by atoms with Gasteiger partial charge >= 0.3 is 6.18 Å². The van der Waals surface area contributed by atoms with Crippen LogP contribution in [-0.4, -0.2) is 30.9 Å². The molecule has 0 unspecified atom stereocenters. The van der Waals surface area contributed by atoms with E-state index in [2.05, 4.69) is 25.5 Å². The highest BCUT2D eigenvalue weighted by Crippen LogP contribution is 2.46. The molecule has 1 fully saturated rings. The zero-order valence-corrected chi connectivity index (χ0v) is 19.0. The largest absolute Gasteiger partial charge is 0.420 e. The SMILES string of the molecule is Nc1cncc(C2CC2)c1-c1cc(Cl)c(C(=O)Nc2cnc(-n3nccn3)c(C(F)(F)F)c2)cc1F. The molecule has 4 aromatic rings. The van der Waals surface area contributed by atoms with Crippen LogP contribution in [0.3, 0.4) is 0 Å². The van der Waals surface area contributed by atoms with Crippen molar-refractivity contribution in [2.24, 2.45) is 0 Å². The molecular weight excluding hydrogens is 502 g/mol. The van der Waals surface area contributed by atoms with Crippen molar-refractivity contribution in [2.45, 2.75) is 24.9 Å². The number of amides is 1. The van der Waals surface area contributed by atoms with Crippen molar-refractivity contribution in [3.63, 3.8) is 0 Å². The highest BCUT2D eigenvalue weighted by molar-refractivity contribution is 6.34. The Kier molecular flexibility index (Phi) is 5.83. The molecule has 0 atom stereocenters. The molecule has 13 heteroatoms. The maximum absolute atomic E-state index is 15.2. The van der Waals surface area contributed by atoms with Gasteiger partial charge in [-0.3, -0.25) is 9.78 Å². The molecule has 0 saturated heterocycles. The zero-order valence-electron chi connectivity index (χ0n) is 18.2. The molecule has 0 radical (unpaired) electrons. The molecule has 3 aromatic heterocycles. The Morgan fingerprint density at radius 2 is 1.83 bits per heavy atom. The Morgan fingerprint density at radius 3 is 2.50 bits per heavy atom. The summed E-state index contributed by atoms with van der Waals surface area (Å²) in [6.45, 7) is 0.